The van der Waals surface area contributed by atoms with E-state index >= 15 is 0 Å². The van der Waals surface area contributed by atoms with Crippen LogP contribution >= 0.6 is 27.3 Å². The molecule has 2 heterocycles. The predicted octanol–water partition coefficient (Wildman–Crippen LogP) is 3.22. The normalized spacial score (nSPS) is 11.8. The molecule has 1 N–H and O–H groups in total. The fraction of sp³-hybridized carbons (Fsp3) is 0.0909. The van der Waals surface area contributed by atoms with Crippen LogP contribution in [0, 0.1) is 0 Å². The molecule has 2 aromatic heterocycles. The second kappa shape index (κ2) is 5.32. The highest BCUT2D eigenvalue weighted by Gasteiger charge is 2.38. The SMILES string of the molecule is O=C(Nc1ccccc1Br)c1nn2c(C(F)(F)F)nnc2s1. The third-order valence-electron chi connectivity index (χ3n) is 2.56. The Bertz CT molecular complexity index is 859. The molecule has 0 unspecified atom stereocenters. The monoisotopic (exact) mass is 391 g/mol. The largest absolute Gasteiger partial charge is 0.453 e. The zero-order valence-corrected chi connectivity index (χ0v) is 12.8. The van der Waals surface area contributed by atoms with E-state index < -0.39 is 17.9 Å². The van der Waals surface area contributed by atoms with Gasteiger partial charge in [0, 0.05) is 4.47 Å². The Morgan fingerprint density at radius 3 is 2.68 bits per heavy atom. The molecule has 3 rings (SSSR count). The summed E-state index contributed by atoms with van der Waals surface area (Å²) in [5.41, 5.74) is 0.481. The van der Waals surface area contributed by atoms with Crippen LogP contribution in [0.2, 0.25) is 0 Å². The van der Waals surface area contributed by atoms with E-state index in [9.17, 15) is 18.0 Å². The van der Waals surface area contributed by atoms with Gasteiger partial charge in [-0.25, -0.2) is 0 Å². The second-order valence-electron chi connectivity index (χ2n) is 4.06. The molecule has 0 atom stereocenters. The average molecular weight is 392 g/mol. The fourth-order valence-electron chi connectivity index (χ4n) is 1.62. The van der Waals surface area contributed by atoms with Gasteiger partial charge >= 0.3 is 6.18 Å². The second-order valence-corrected chi connectivity index (χ2v) is 5.87. The lowest BCUT2D eigenvalue weighted by molar-refractivity contribution is -0.146. The van der Waals surface area contributed by atoms with Crippen molar-refractivity contribution in [2.75, 3.05) is 5.32 Å². The highest BCUT2D eigenvalue weighted by molar-refractivity contribution is 9.10. The molecule has 0 bridgehead atoms. The lowest BCUT2D eigenvalue weighted by Crippen LogP contribution is -2.15. The summed E-state index contributed by atoms with van der Waals surface area (Å²) in [6.07, 6.45) is -4.69. The number of halogens is 4. The summed E-state index contributed by atoms with van der Waals surface area (Å²) >= 11 is 3.97. The van der Waals surface area contributed by atoms with Crippen LogP contribution in [0.25, 0.3) is 4.96 Å². The molecule has 11 heteroatoms. The highest BCUT2D eigenvalue weighted by atomic mass is 79.9. The van der Waals surface area contributed by atoms with Gasteiger partial charge in [0.15, 0.2) is 0 Å². The van der Waals surface area contributed by atoms with Crippen molar-refractivity contribution < 1.29 is 18.0 Å². The summed E-state index contributed by atoms with van der Waals surface area (Å²) in [6.45, 7) is 0. The summed E-state index contributed by atoms with van der Waals surface area (Å²) in [5.74, 6) is -1.89. The summed E-state index contributed by atoms with van der Waals surface area (Å²) in [6, 6.07) is 6.83. The maximum atomic E-state index is 12.7. The number of carbonyl (C=O) groups is 1. The number of hydrogen-bond acceptors (Lipinski definition) is 5. The zero-order valence-electron chi connectivity index (χ0n) is 10.4. The minimum absolute atomic E-state index is 0.107. The van der Waals surface area contributed by atoms with Crippen molar-refractivity contribution in [3.8, 4) is 0 Å². The Labute approximate surface area is 133 Å². The van der Waals surface area contributed by atoms with Crippen LogP contribution in [0.3, 0.4) is 0 Å². The van der Waals surface area contributed by atoms with Crippen LogP contribution in [0.1, 0.15) is 15.6 Å². The molecule has 1 amide bonds. The maximum absolute atomic E-state index is 12.7. The fourth-order valence-corrected chi connectivity index (χ4v) is 2.74. The van der Waals surface area contributed by atoms with E-state index in [1.165, 1.54) is 0 Å². The molecular formula is C11H5BrF3N5OS. The molecule has 0 aliphatic carbocycles. The van der Waals surface area contributed by atoms with Crippen molar-refractivity contribution in [1.82, 2.24) is 19.8 Å². The van der Waals surface area contributed by atoms with Crippen molar-refractivity contribution in [1.29, 1.82) is 0 Å². The number of para-hydroxylation sites is 1. The lowest BCUT2D eigenvalue weighted by atomic mass is 10.3. The van der Waals surface area contributed by atoms with Crippen LogP contribution < -0.4 is 5.32 Å². The number of rotatable bonds is 2. The molecule has 0 aliphatic heterocycles. The van der Waals surface area contributed by atoms with Crippen molar-refractivity contribution in [2.45, 2.75) is 6.18 Å². The Balaban J connectivity index is 1.92. The molecule has 0 saturated carbocycles. The van der Waals surface area contributed by atoms with Crippen LogP contribution in [-0.4, -0.2) is 25.7 Å². The number of aromatic nitrogens is 4. The quantitative estimate of drug-likeness (QED) is 0.727. The molecule has 22 heavy (non-hydrogen) atoms. The number of benzene rings is 1. The van der Waals surface area contributed by atoms with Crippen LogP contribution in [0.4, 0.5) is 18.9 Å². The zero-order chi connectivity index (χ0) is 15.9. The summed E-state index contributed by atoms with van der Waals surface area (Å²) < 4.78 is 39.2. The highest BCUT2D eigenvalue weighted by Crippen LogP contribution is 2.29. The average Bonchev–Trinajstić information content (AvgIpc) is 2.99. The number of nitrogens with one attached hydrogen (secondary N) is 1. The summed E-state index contributed by atoms with van der Waals surface area (Å²) in [5, 5.41) is 12.4. The third kappa shape index (κ3) is 2.68. The first-order valence-corrected chi connectivity index (χ1v) is 7.32. The number of amides is 1. The minimum atomic E-state index is -4.69. The van der Waals surface area contributed by atoms with Gasteiger partial charge in [-0.2, -0.15) is 17.7 Å². The Kier molecular flexibility index (Phi) is 3.60. The Morgan fingerprint density at radius 1 is 1.27 bits per heavy atom. The Morgan fingerprint density at radius 2 is 2.00 bits per heavy atom. The lowest BCUT2D eigenvalue weighted by Gasteiger charge is -2.04. The van der Waals surface area contributed by atoms with E-state index in [4.69, 9.17) is 0 Å². The van der Waals surface area contributed by atoms with E-state index in [-0.39, 0.29) is 9.97 Å². The van der Waals surface area contributed by atoms with Gasteiger partial charge < -0.3 is 5.32 Å². The molecule has 0 spiro atoms. The van der Waals surface area contributed by atoms with Crippen LogP contribution in [0.5, 0.6) is 0 Å². The number of nitrogens with zero attached hydrogens (tertiary/aromatic N) is 4. The molecule has 6 nitrogen and oxygen atoms in total. The smallest absolute Gasteiger partial charge is 0.319 e. The van der Waals surface area contributed by atoms with Crippen LogP contribution in [0.15, 0.2) is 28.7 Å². The van der Waals surface area contributed by atoms with E-state index in [0.717, 1.165) is 11.3 Å². The number of alkyl halides is 3. The third-order valence-corrected chi connectivity index (χ3v) is 4.15. The van der Waals surface area contributed by atoms with Gasteiger partial charge in [-0.15, -0.1) is 15.3 Å². The molecule has 3 aromatic rings. The molecule has 0 aliphatic rings. The topological polar surface area (TPSA) is 72.2 Å². The summed E-state index contributed by atoms with van der Waals surface area (Å²) in [4.78, 5) is 12.0. The van der Waals surface area contributed by atoms with Gasteiger partial charge in [-0.3, -0.25) is 4.79 Å². The summed E-state index contributed by atoms with van der Waals surface area (Å²) in [7, 11) is 0. The van der Waals surface area contributed by atoms with E-state index in [1.54, 1.807) is 24.3 Å². The Hall–Kier alpha value is -2.01. The molecule has 0 fully saturated rings. The predicted molar refractivity (Wildman–Crippen MR) is 75.8 cm³/mol. The van der Waals surface area contributed by atoms with Crippen molar-refractivity contribution in [3.63, 3.8) is 0 Å². The van der Waals surface area contributed by atoms with E-state index in [1.807, 2.05) is 0 Å². The number of fused-ring (bicyclic) bond motifs is 1. The van der Waals surface area contributed by atoms with Gasteiger partial charge in [-0.05, 0) is 28.1 Å². The number of carbonyl (C=O) groups excluding carboxylic acids is 1. The van der Waals surface area contributed by atoms with Crippen molar-refractivity contribution in [2.24, 2.45) is 0 Å². The number of hydrogen-bond donors (Lipinski definition) is 1. The van der Waals surface area contributed by atoms with Crippen molar-refractivity contribution >= 4 is 43.8 Å². The van der Waals surface area contributed by atoms with Gasteiger partial charge in [0.25, 0.3) is 11.7 Å². The van der Waals surface area contributed by atoms with Crippen molar-refractivity contribution in [3.05, 3.63) is 39.6 Å². The first kappa shape index (κ1) is 14.9. The molecule has 0 saturated heterocycles. The molecule has 114 valence electrons. The minimum Gasteiger partial charge on any atom is -0.319 e. The molecule has 0 radical (unpaired) electrons. The van der Waals surface area contributed by atoms with Gasteiger partial charge in [0.1, 0.15) is 0 Å². The standard InChI is InChI=1S/C11H5BrF3N5OS/c12-5-3-1-2-4-6(5)16-7(21)8-19-20-9(11(13,14)15)17-18-10(20)22-8/h1-4H,(H,16,21). The first-order valence-electron chi connectivity index (χ1n) is 5.71. The van der Waals surface area contributed by atoms with E-state index in [2.05, 4.69) is 36.5 Å². The molecule has 1 aromatic carbocycles. The van der Waals surface area contributed by atoms with Crippen LogP contribution in [-0.2, 0) is 6.18 Å². The van der Waals surface area contributed by atoms with E-state index in [0.29, 0.717) is 14.7 Å². The maximum Gasteiger partial charge on any atom is 0.453 e. The van der Waals surface area contributed by atoms with Gasteiger partial charge in [0.05, 0.1) is 5.69 Å². The first-order chi connectivity index (χ1) is 10.4. The molecular weight excluding hydrogens is 387 g/mol. The van der Waals surface area contributed by atoms with Gasteiger partial charge in [0.2, 0.25) is 9.97 Å². The van der Waals surface area contributed by atoms with Gasteiger partial charge in [-0.1, -0.05) is 23.5 Å². The number of anilines is 1.